The lowest BCUT2D eigenvalue weighted by Crippen LogP contribution is -2.11. The van der Waals surface area contributed by atoms with Gasteiger partial charge in [-0.25, -0.2) is 0 Å². The van der Waals surface area contributed by atoms with Crippen LogP contribution >= 0.6 is 0 Å². The highest BCUT2D eigenvalue weighted by Gasteiger charge is 2.20. The van der Waals surface area contributed by atoms with Gasteiger partial charge in [-0.3, -0.25) is 0 Å². The summed E-state index contributed by atoms with van der Waals surface area (Å²) in [5.41, 5.74) is 14.6. The van der Waals surface area contributed by atoms with Crippen LogP contribution in [-0.2, 0) is 0 Å². The normalized spacial score (nSPS) is 11.1. The highest BCUT2D eigenvalue weighted by molar-refractivity contribution is 5.92. The maximum absolute atomic E-state index is 6.44. The summed E-state index contributed by atoms with van der Waals surface area (Å²) >= 11 is 0. The topological polar surface area (TPSA) is 16.4 Å². The van der Waals surface area contributed by atoms with E-state index in [1.807, 2.05) is 18.2 Å². The first-order valence-electron chi connectivity index (χ1n) is 17.7. The van der Waals surface area contributed by atoms with E-state index in [2.05, 4.69) is 199 Å². The molecule has 0 N–H and O–H groups in total. The van der Waals surface area contributed by atoms with Crippen LogP contribution in [0.4, 0.5) is 17.1 Å². The number of anilines is 3. The van der Waals surface area contributed by atoms with Crippen LogP contribution in [0.15, 0.2) is 217 Å². The molecule has 0 saturated carbocycles. The van der Waals surface area contributed by atoms with Gasteiger partial charge < -0.3 is 9.32 Å². The van der Waals surface area contributed by atoms with Crippen molar-refractivity contribution >= 4 is 28.0 Å². The van der Waals surface area contributed by atoms with Crippen LogP contribution in [0.3, 0.4) is 0 Å². The minimum absolute atomic E-state index is 0.838. The molecule has 0 atom stereocenters. The number of furan rings is 1. The number of hydrogen-bond donors (Lipinski definition) is 0. The monoisotopic (exact) mass is 665 g/mol. The smallest absolute Gasteiger partial charge is 0.137 e. The van der Waals surface area contributed by atoms with Gasteiger partial charge in [0, 0.05) is 22.3 Å². The molecule has 1 aromatic heterocycles. The Bertz CT molecular complexity index is 2550. The van der Waals surface area contributed by atoms with Crippen molar-refractivity contribution in [2.24, 2.45) is 0 Å². The summed E-state index contributed by atoms with van der Waals surface area (Å²) in [7, 11) is 0. The van der Waals surface area contributed by atoms with Gasteiger partial charge in [0.15, 0.2) is 0 Å². The van der Waals surface area contributed by atoms with Crippen LogP contribution in [0.1, 0.15) is 0 Å². The minimum atomic E-state index is 0.838. The van der Waals surface area contributed by atoms with Crippen molar-refractivity contribution in [1.82, 2.24) is 0 Å². The number of fused-ring (bicyclic) bond motifs is 1. The van der Waals surface area contributed by atoms with Crippen molar-refractivity contribution < 1.29 is 4.42 Å². The van der Waals surface area contributed by atoms with Crippen molar-refractivity contribution in [3.05, 3.63) is 212 Å². The molecule has 0 aliphatic rings. The molecule has 9 rings (SSSR count). The molecule has 8 aromatic carbocycles. The van der Waals surface area contributed by atoms with Gasteiger partial charge in [-0.05, 0) is 93.0 Å². The summed E-state index contributed by atoms with van der Waals surface area (Å²) in [5.74, 6) is 0.838. The van der Waals surface area contributed by atoms with Gasteiger partial charge in [-0.2, -0.15) is 0 Å². The summed E-state index contributed by atoms with van der Waals surface area (Å²) in [6.45, 7) is 0. The van der Waals surface area contributed by atoms with E-state index in [-0.39, 0.29) is 0 Å². The fourth-order valence-corrected chi connectivity index (χ4v) is 7.10. The molecule has 2 heteroatoms. The predicted octanol–water partition coefficient (Wildman–Crippen LogP) is 14.2. The first-order chi connectivity index (χ1) is 25.8. The highest BCUT2D eigenvalue weighted by Crippen LogP contribution is 2.43. The fraction of sp³-hybridized carbons (Fsp3) is 0. The van der Waals surface area contributed by atoms with Gasteiger partial charge in [0.05, 0.1) is 5.69 Å². The van der Waals surface area contributed by atoms with Gasteiger partial charge >= 0.3 is 0 Å². The van der Waals surface area contributed by atoms with Crippen LogP contribution in [0.2, 0.25) is 0 Å². The molecule has 1 heterocycles. The third-order valence-corrected chi connectivity index (χ3v) is 9.74. The van der Waals surface area contributed by atoms with E-state index in [1.54, 1.807) is 0 Å². The molecule has 246 valence electrons. The van der Waals surface area contributed by atoms with Crippen LogP contribution < -0.4 is 4.90 Å². The second-order valence-corrected chi connectivity index (χ2v) is 12.9. The van der Waals surface area contributed by atoms with Crippen molar-refractivity contribution in [1.29, 1.82) is 0 Å². The fourth-order valence-electron chi connectivity index (χ4n) is 7.10. The Morgan fingerprint density at radius 3 is 1.29 bits per heavy atom. The van der Waals surface area contributed by atoms with Gasteiger partial charge in [-0.1, -0.05) is 164 Å². The van der Waals surface area contributed by atoms with Crippen LogP contribution in [0.5, 0.6) is 0 Å². The molecular formula is C50H35NO. The van der Waals surface area contributed by atoms with Crippen molar-refractivity contribution in [3.63, 3.8) is 0 Å². The summed E-state index contributed by atoms with van der Waals surface area (Å²) < 4.78 is 6.44. The Labute approximate surface area is 304 Å². The zero-order valence-corrected chi connectivity index (χ0v) is 28.6. The third kappa shape index (κ3) is 6.08. The number of para-hydroxylation sites is 2. The van der Waals surface area contributed by atoms with Gasteiger partial charge in [0.25, 0.3) is 0 Å². The minimum Gasteiger partial charge on any atom is -0.456 e. The Balaban J connectivity index is 1.12. The SMILES string of the molecule is c1ccc(-c2ccc(-c3ccc(N(c4ccc(-c5ccccc5-c5ccccc5)cc4)c4ccccc4-c4cc5ccccc5o4)cc3)cc2)cc1. The summed E-state index contributed by atoms with van der Waals surface area (Å²) in [4.78, 5) is 2.33. The first kappa shape index (κ1) is 31.1. The molecule has 0 spiro atoms. The molecule has 9 aromatic rings. The maximum atomic E-state index is 6.44. The van der Waals surface area contributed by atoms with Crippen LogP contribution in [0.25, 0.3) is 66.8 Å². The number of rotatable bonds is 8. The van der Waals surface area contributed by atoms with Crippen molar-refractivity contribution in [3.8, 4) is 55.8 Å². The molecule has 0 amide bonds. The molecule has 0 saturated heterocycles. The van der Waals surface area contributed by atoms with E-state index in [0.717, 1.165) is 39.4 Å². The molecule has 52 heavy (non-hydrogen) atoms. The Morgan fingerprint density at radius 2 is 0.712 bits per heavy atom. The van der Waals surface area contributed by atoms with E-state index in [0.29, 0.717) is 0 Å². The third-order valence-electron chi connectivity index (χ3n) is 9.74. The molecule has 0 fully saturated rings. The van der Waals surface area contributed by atoms with Crippen LogP contribution in [-0.4, -0.2) is 0 Å². The molecule has 0 aliphatic heterocycles. The summed E-state index contributed by atoms with van der Waals surface area (Å²) in [5, 5.41) is 1.09. The molecule has 0 unspecified atom stereocenters. The Hall–Kier alpha value is -6.90. The predicted molar refractivity (Wildman–Crippen MR) is 218 cm³/mol. The molecule has 0 bridgehead atoms. The standard InChI is InChI=1S/C50H35NO/c1-3-13-36(14-4-1)37-23-25-38(26-24-37)39-27-31-43(32-28-39)51(48-21-11-10-20-47(48)50-35-42-17-7-12-22-49(42)52-50)44-33-29-41(30-34-44)46-19-9-8-18-45(46)40-15-5-2-6-16-40/h1-35H. The van der Waals surface area contributed by atoms with Gasteiger partial charge in [-0.15, -0.1) is 0 Å². The molecule has 0 radical (unpaired) electrons. The largest absolute Gasteiger partial charge is 0.456 e. The van der Waals surface area contributed by atoms with E-state index < -0.39 is 0 Å². The maximum Gasteiger partial charge on any atom is 0.137 e. The average Bonchev–Trinajstić information content (AvgIpc) is 3.67. The van der Waals surface area contributed by atoms with Crippen molar-refractivity contribution in [2.45, 2.75) is 0 Å². The Kier molecular flexibility index (Phi) is 8.24. The van der Waals surface area contributed by atoms with Gasteiger partial charge in [0.1, 0.15) is 11.3 Å². The molecular weight excluding hydrogens is 631 g/mol. The molecule has 0 aliphatic carbocycles. The zero-order valence-electron chi connectivity index (χ0n) is 28.6. The average molecular weight is 666 g/mol. The van der Waals surface area contributed by atoms with E-state index in [4.69, 9.17) is 4.42 Å². The second kappa shape index (κ2) is 13.8. The zero-order chi connectivity index (χ0) is 34.7. The summed E-state index contributed by atoms with van der Waals surface area (Å²) in [6.07, 6.45) is 0. The van der Waals surface area contributed by atoms with E-state index in [1.165, 1.54) is 44.5 Å². The molecule has 2 nitrogen and oxygen atoms in total. The number of benzene rings is 8. The first-order valence-corrected chi connectivity index (χ1v) is 17.7. The van der Waals surface area contributed by atoms with E-state index >= 15 is 0 Å². The second-order valence-electron chi connectivity index (χ2n) is 12.9. The quantitative estimate of drug-likeness (QED) is 0.161. The lowest BCUT2D eigenvalue weighted by atomic mass is 9.94. The lowest BCUT2D eigenvalue weighted by molar-refractivity contribution is 0.631. The van der Waals surface area contributed by atoms with E-state index in [9.17, 15) is 0 Å². The number of hydrogen-bond acceptors (Lipinski definition) is 2. The van der Waals surface area contributed by atoms with Crippen molar-refractivity contribution in [2.75, 3.05) is 4.90 Å². The summed E-state index contributed by atoms with van der Waals surface area (Å²) in [6, 6.07) is 75.2. The number of nitrogens with zero attached hydrogens (tertiary/aromatic N) is 1. The lowest BCUT2D eigenvalue weighted by Gasteiger charge is -2.27. The Morgan fingerprint density at radius 1 is 0.308 bits per heavy atom. The van der Waals surface area contributed by atoms with Crippen LogP contribution in [0, 0.1) is 0 Å². The highest BCUT2D eigenvalue weighted by atomic mass is 16.3. The van der Waals surface area contributed by atoms with Gasteiger partial charge in [0.2, 0.25) is 0 Å².